The molecule has 0 radical (unpaired) electrons. The highest BCUT2D eigenvalue weighted by Gasteiger charge is 2.47. The number of hydrogen-bond acceptors (Lipinski definition) is 4. The molecule has 2 aliphatic carbocycles. The highest BCUT2D eigenvalue weighted by atomic mass is 32.2. The van der Waals surface area contributed by atoms with Crippen molar-refractivity contribution in [1.82, 2.24) is 4.72 Å². The lowest BCUT2D eigenvalue weighted by molar-refractivity contribution is -0.140. The van der Waals surface area contributed by atoms with Crippen LogP contribution in [0.3, 0.4) is 0 Å². The first-order valence-electron chi connectivity index (χ1n) is 9.18. The third-order valence-corrected chi connectivity index (χ3v) is 6.11. The maximum Gasteiger partial charge on any atom is 0.305 e. The number of unbranched alkanes of at least 4 members (excludes halogenated alkanes) is 1. The largest absolute Gasteiger partial charge is 0.469 e. The summed E-state index contributed by atoms with van der Waals surface area (Å²) in [5, 5.41) is 0. The Hall–Kier alpha value is -0.720. The Balaban J connectivity index is 1.75. The van der Waals surface area contributed by atoms with Gasteiger partial charge < -0.3 is 4.74 Å². The molecule has 1 N–H and O–H groups in total. The highest BCUT2D eigenvalue weighted by molar-refractivity contribution is 7.78. The van der Waals surface area contributed by atoms with Gasteiger partial charge in [-0.25, -0.2) is 8.93 Å². The predicted octanol–water partition coefficient (Wildman–Crippen LogP) is 3.29. The number of carbonyl (C=O) groups excluding carboxylic acids is 1. The van der Waals surface area contributed by atoms with Crippen molar-refractivity contribution in [2.45, 2.75) is 64.3 Å². The summed E-state index contributed by atoms with van der Waals surface area (Å²) in [6.07, 6.45) is 12.3. The van der Waals surface area contributed by atoms with Crippen molar-refractivity contribution in [3.05, 3.63) is 12.2 Å². The van der Waals surface area contributed by atoms with Gasteiger partial charge in [-0.05, 0) is 62.7 Å². The second kappa shape index (κ2) is 10.3. The van der Waals surface area contributed by atoms with Gasteiger partial charge in [-0.3, -0.25) is 8.98 Å². The summed E-state index contributed by atoms with van der Waals surface area (Å²) in [6.45, 7) is 2.55. The molecule has 2 unspecified atom stereocenters. The van der Waals surface area contributed by atoms with Crippen molar-refractivity contribution in [2.75, 3.05) is 13.7 Å². The van der Waals surface area contributed by atoms with E-state index in [4.69, 9.17) is 4.18 Å². The van der Waals surface area contributed by atoms with E-state index in [1.165, 1.54) is 26.4 Å². The Morgan fingerprint density at radius 3 is 2.83 bits per heavy atom. The Bertz CT molecular complexity index is 454. The molecule has 24 heavy (non-hydrogen) atoms. The minimum Gasteiger partial charge on any atom is -0.469 e. The van der Waals surface area contributed by atoms with Crippen molar-refractivity contribution >= 4 is 17.2 Å². The lowest BCUT2D eigenvalue weighted by Gasteiger charge is -2.30. The van der Waals surface area contributed by atoms with E-state index >= 15 is 0 Å². The minimum atomic E-state index is -1.37. The molecule has 2 bridgehead atoms. The molecule has 5 atom stereocenters. The lowest BCUT2D eigenvalue weighted by atomic mass is 9.83. The van der Waals surface area contributed by atoms with Gasteiger partial charge in [0.2, 0.25) is 11.3 Å². The summed E-state index contributed by atoms with van der Waals surface area (Å²) >= 11 is -1.37. The molecule has 0 aromatic rings. The first-order valence-corrected chi connectivity index (χ1v) is 10.3. The average molecular weight is 358 g/mol. The number of nitrogens with one attached hydrogen (secondary N) is 1. The van der Waals surface area contributed by atoms with E-state index < -0.39 is 11.3 Å². The number of fused-ring (bicyclic) bond motifs is 2. The molecule has 6 heteroatoms. The van der Waals surface area contributed by atoms with Crippen LogP contribution in [0.5, 0.6) is 0 Å². The smallest absolute Gasteiger partial charge is 0.305 e. The molecule has 0 heterocycles. The summed E-state index contributed by atoms with van der Waals surface area (Å²) < 4.78 is 25.2. The predicted molar refractivity (Wildman–Crippen MR) is 95.3 cm³/mol. The van der Waals surface area contributed by atoms with Gasteiger partial charge in [-0.1, -0.05) is 19.1 Å². The summed E-state index contributed by atoms with van der Waals surface area (Å²) in [5.41, 5.74) is 0. The maximum absolute atomic E-state index is 12.0. The summed E-state index contributed by atoms with van der Waals surface area (Å²) in [7, 11) is 1.43. The van der Waals surface area contributed by atoms with Crippen molar-refractivity contribution in [3.63, 3.8) is 0 Å². The molecule has 0 spiro atoms. The van der Waals surface area contributed by atoms with Crippen LogP contribution in [0.4, 0.5) is 0 Å². The first kappa shape index (κ1) is 19.6. The molecule has 2 saturated carbocycles. The van der Waals surface area contributed by atoms with Crippen LogP contribution in [-0.2, 0) is 25.0 Å². The van der Waals surface area contributed by atoms with Gasteiger partial charge in [-0.15, -0.1) is 0 Å². The Morgan fingerprint density at radius 2 is 2.08 bits per heavy atom. The van der Waals surface area contributed by atoms with Crippen molar-refractivity contribution < 1.29 is 17.9 Å². The van der Waals surface area contributed by atoms with Crippen LogP contribution in [-0.4, -0.2) is 29.9 Å². The van der Waals surface area contributed by atoms with Gasteiger partial charge in [0.15, 0.2) is 0 Å². The quantitative estimate of drug-likeness (QED) is 0.350. The van der Waals surface area contributed by atoms with Crippen molar-refractivity contribution in [1.29, 1.82) is 0 Å². The van der Waals surface area contributed by atoms with Crippen LogP contribution >= 0.6 is 0 Å². The van der Waals surface area contributed by atoms with E-state index in [1.807, 2.05) is 6.92 Å². The highest BCUT2D eigenvalue weighted by Crippen LogP contribution is 2.50. The van der Waals surface area contributed by atoms with E-state index in [2.05, 4.69) is 21.6 Å². The number of hydrogen-bond donors (Lipinski definition) is 1. The van der Waals surface area contributed by atoms with Crippen LogP contribution in [0.2, 0.25) is 0 Å². The monoisotopic (exact) mass is 357 g/mol. The number of rotatable bonds is 11. The Labute approximate surface area is 148 Å². The topological polar surface area (TPSA) is 64.6 Å². The van der Waals surface area contributed by atoms with E-state index in [-0.39, 0.29) is 5.97 Å². The minimum absolute atomic E-state index is 0.143. The molecule has 138 valence electrons. The molecular weight excluding hydrogens is 326 g/mol. The number of methoxy groups -OCH3 is 1. The summed E-state index contributed by atoms with van der Waals surface area (Å²) in [5.74, 6) is 1.79. The SMILES string of the molecule is CCCOS(=O)NC1[C@H]2CC[C@H](C2)[C@H]1C/C=C\CCCC(=O)OC. The maximum atomic E-state index is 12.0. The number of ether oxygens (including phenoxy) is 1. The van der Waals surface area contributed by atoms with Crippen LogP contribution < -0.4 is 4.72 Å². The molecule has 5 nitrogen and oxygen atoms in total. The fourth-order valence-electron chi connectivity index (χ4n) is 4.07. The summed E-state index contributed by atoms with van der Waals surface area (Å²) in [6, 6.07) is 0.307. The molecular formula is C18H31NO4S. The van der Waals surface area contributed by atoms with E-state index in [0.29, 0.717) is 30.9 Å². The van der Waals surface area contributed by atoms with Crippen molar-refractivity contribution in [3.8, 4) is 0 Å². The second-order valence-electron chi connectivity index (χ2n) is 6.87. The van der Waals surface area contributed by atoms with Crippen LogP contribution in [0.25, 0.3) is 0 Å². The van der Waals surface area contributed by atoms with Gasteiger partial charge in [0.25, 0.3) is 0 Å². The van der Waals surface area contributed by atoms with Gasteiger partial charge in [0.1, 0.15) is 0 Å². The van der Waals surface area contributed by atoms with Gasteiger partial charge in [0.05, 0.1) is 13.7 Å². The molecule has 0 amide bonds. The average Bonchev–Trinajstić information content (AvgIpc) is 3.18. The second-order valence-corrected chi connectivity index (χ2v) is 7.81. The van der Waals surface area contributed by atoms with E-state index in [9.17, 15) is 9.00 Å². The van der Waals surface area contributed by atoms with Crippen LogP contribution in [0.1, 0.15) is 58.3 Å². The molecule has 0 aliphatic heterocycles. The first-order chi connectivity index (χ1) is 11.7. The fraction of sp³-hybridized carbons (Fsp3) is 0.833. The van der Waals surface area contributed by atoms with Crippen LogP contribution in [0, 0.1) is 17.8 Å². The standard InChI is InChI=1S/C18H31NO4S/c1-3-12-23-24(21)19-18-15-11-10-14(13-15)16(18)8-6-4-5-7-9-17(20)22-2/h4,6,14-16,18-19H,3,5,7-13H2,1-2H3/b6-4-/t14-,15+,16-,18?,24?/m1/s1. The normalized spacial score (nSPS) is 30.1. The van der Waals surface area contributed by atoms with E-state index in [0.717, 1.165) is 31.6 Å². The zero-order valence-corrected chi connectivity index (χ0v) is 15.7. The number of esters is 1. The molecule has 0 aromatic heterocycles. The molecule has 0 saturated heterocycles. The third kappa shape index (κ3) is 5.67. The molecule has 2 fully saturated rings. The van der Waals surface area contributed by atoms with Crippen LogP contribution in [0.15, 0.2) is 12.2 Å². The van der Waals surface area contributed by atoms with Gasteiger partial charge in [0, 0.05) is 12.5 Å². The Kier molecular flexibility index (Phi) is 8.42. The number of carbonyl (C=O) groups is 1. The Morgan fingerprint density at radius 1 is 1.29 bits per heavy atom. The number of allylic oxidation sites excluding steroid dienone is 2. The van der Waals surface area contributed by atoms with Crippen molar-refractivity contribution in [2.24, 2.45) is 17.8 Å². The lowest BCUT2D eigenvalue weighted by Crippen LogP contribution is -2.42. The molecule has 2 aliphatic rings. The molecule has 2 rings (SSSR count). The van der Waals surface area contributed by atoms with E-state index in [1.54, 1.807) is 0 Å². The third-order valence-electron chi connectivity index (χ3n) is 5.27. The zero-order chi connectivity index (χ0) is 17.4. The van der Waals surface area contributed by atoms with Gasteiger partial charge in [-0.2, -0.15) is 0 Å². The van der Waals surface area contributed by atoms with Gasteiger partial charge >= 0.3 is 5.97 Å². The fourth-order valence-corrected chi connectivity index (χ4v) is 5.05. The zero-order valence-electron chi connectivity index (χ0n) is 14.9. The molecule has 0 aromatic carbocycles. The summed E-state index contributed by atoms with van der Waals surface area (Å²) in [4.78, 5) is 11.1.